The van der Waals surface area contributed by atoms with Gasteiger partial charge in [-0.05, 0) is 19.8 Å². The highest BCUT2D eigenvalue weighted by atomic mass is 16.4. The van der Waals surface area contributed by atoms with Crippen LogP contribution in [0.4, 0.5) is 0 Å². The SMILES string of the molecule is CCC(=O)O.Cc1ccccc1.NC(N)=NCCCC(NC(=O)CC(=O)NCC(=O)NCC(=O)O)C(=O)O. The predicted molar refractivity (Wildman–Crippen MR) is 137 cm³/mol. The van der Waals surface area contributed by atoms with Crippen LogP contribution in [-0.4, -0.2) is 82.6 Å². The standard InChI is InChI=1S/C13H22N6O7.C7H8.C3H6O2/c14-13(15)16-3-1-2-7(12(25)26)19-9(21)4-8(20)17-5-10(22)18-6-11(23)24;1-7-5-3-2-4-6-7;1-2-3(4)5/h7H,1-6H2,(H,17,20)(H,18,22)(H,19,21)(H,23,24)(H,25,26)(H4,14,15,16);2-6H,1H3;2H2,1H3,(H,4,5). The molecule has 15 nitrogen and oxygen atoms in total. The molecule has 0 heterocycles. The number of nitrogens with one attached hydrogen (secondary N) is 3. The molecule has 0 saturated heterocycles. The van der Waals surface area contributed by atoms with E-state index < -0.39 is 61.2 Å². The summed E-state index contributed by atoms with van der Waals surface area (Å²) in [6.45, 7) is 2.76. The number of benzene rings is 1. The normalized spacial score (nSPS) is 10.1. The van der Waals surface area contributed by atoms with E-state index in [9.17, 15) is 28.8 Å². The monoisotopic (exact) mass is 540 g/mol. The second-order valence-corrected chi connectivity index (χ2v) is 7.43. The van der Waals surface area contributed by atoms with Gasteiger partial charge in [-0.2, -0.15) is 0 Å². The summed E-state index contributed by atoms with van der Waals surface area (Å²) < 4.78 is 0. The molecule has 0 aliphatic carbocycles. The van der Waals surface area contributed by atoms with Gasteiger partial charge in [-0.3, -0.25) is 29.0 Å². The van der Waals surface area contributed by atoms with Gasteiger partial charge >= 0.3 is 17.9 Å². The molecule has 0 saturated carbocycles. The fourth-order valence-corrected chi connectivity index (χ4v) is 2.16. The van der Waals surface area contributed by atoms with Crippen LogP contribution in [0.5, 0.6) is 0 Å². The number of nitrogens with zero attached hydrogens (tertiary/aromatic N) is 1. The molecule has 0 spiro atoms. The van der Waals surface area contributed by atoms with Crippen molar-refractivity contribution in [2.24, 2.45) is 16.5 Å². The lowest BCUT2D eigenvalue weighted by atomic mass is 10.1. The van der Waals surface area contributed by atoms with Crippen molar-refractivity contribution in [1.82, 2.24) is 16.0 Å². The molecule has 0 bridgehead atoms. The molecule has 3 amide bonds. The first kappa shape index (κ1) is 35.5. The highest BCUT2D eigenvalue weighted by Crippen LogP contribution is 1.99. The van der Waals surface area contributed by atoms with Gasteiger partial charge in [-0.15, -0.1) is 0 Å². The number of aliphatic imine (C=N–C) groups is 1. The third-order valence-electron chi connectivity index (χ3n) is 4.03. The van der Waals surface area contributed by atoms with E-state index in [1.165, 1.54) is 5.56 Å². The van der Waals surface area contributed by atoms with Crippen molar-refractivity contribution in [3.05, 3.63) is 35.9 Å². The number of amides is 3. The number of guanidine groups is 1. The number of carboxylic acid groups (broad SMARTS) is 3. The van der Waals surface area contributed by atoms with Gasteiger partial charge < -0.3 is 42.7 Å². The molecule has 1 rings (SSSR count). The Labute approximate surface area is 219 Å². The van der Waals surface area contributed by atoms with E-state index in [2.05, 4.69) is 34.7 Å². The highest BCUT2D eigenvalue weighted by Gasteiger charge is 2.21. The molecule has 212 valence electrons. The molecule has 0 aromatic heterocycles. The van der Waals surface area contributed by atoms with Gasteiger partial charge in [0.1, 0.15) is 19.0 Å². The molecule has 1 unspecified atom stereocenters. The maximum atomic E-state index is 11.7. The second-order valence-electron chi connectivity index (χ2n) is 7.43. The minimum atomic E-state index is -1.28. The summed E-state index contributed by atoms with van der Waals surface area (Å²) in [5.41, 5.74) is 11.6. The first-order chi connectivity index (χ1) is 17.8. The van der Waals surface area contributed by atoms with Gasteiger partial charge in [0.2, 0.25) is 17.7 Å². The molecule has 0 fully saturated rings. The number of nitrogens with two attached hydrogens (primary N) is 2. The first-order valence-electron chi connectivity index (χ1n) is 11.3. The Balaban J connectivity index is 0. The Morgan fingerprint density at radius 3 is 1.84 bits per heavy atom. The molecule has 0 aliphatic heterocycles. The van der Waals surface area contributed by atoms with E-state index in [1.54, 1.807) is 6.92 Å². The van der Waals surface area contributed by atoms with Crippen LogP contribution in [0.2, 0.25) is 0 Å². The lowest BCUT2D eigenvalue weighted by Gasteiger charge is -2.14. The predicted octanol–water partition coefficient (Wildman–Crippen LogP) is -1.21. The minimum absolute atomic E-state index is 0.0526. The van der Waals surface area contributed by atoms with Crippen LogP contribution < -0.4 is 27.4 Å². The molecule has 10 N–H and O–H groups in total. The Morgan fingerprint density at radius 1 is 0.868 bits per heavy atom. The zero-order valence-electron chi connectivity index (χ0n) is 21.3. The molecule has 0 radical (unpaired) electrons. The number of hydrogen-bond donors (Lipinski definition) is 8. The van der Waals surface area contributed by atoms with Gasteiger partial charge in [-0.1, -0.05) is 42.8 Å². The van der Waals surface area contributed by atoms with E-state index in [0.29, 0.717) is 6.42 Å². The van der Waals surface area contributed by atoms with E-state index >= 15 is 0 Å². The average Bonchev–Trinajstić information content (AvgIpc) is 2.84. The van der Waals surface area contributed by atoms with E-state index in [-0.39, 0.29) is 25.3 Å². The van der Waals surface area contributed by atoms with Gasteiger partial charge in [0, 0.05) is 13.0 Å². The van der Waals surface area contributed by atoms with Gasteiger partial charge in [0.05, 0.1) is 6.54 Å². The number of rotatable bonds is 13. The third-order valence-corrected chi connectivity index (χ3v) is 4.03. The highest BCUT2D eigenvalue weighted by molar-refractivity contribution is 5.99. The summed E-state index contributed by atoms with van der Waals surface area (Å²) in [6.07, 6.45) is -0.119. The zero-order valence-corrected chi connectivity index (χ0v) is 21.3. The number of aryl methyl sites for hydroxylation is 1. The summed E-state index contributed by atoms with van der Waals surface area (Å²) in [7, 11) is 0. The smallest absolute Gasteiger partial charge is 0.326 e. The number of carboxylic acids is 3. The number of carbonyl (C=O) groups excluding carboxylic acids is 3. The molecule has 1 atom stereocenters. The zero-order chi connectivity index (χ0) is 29.5. The Bertz CT molecular complexity index is 935. The Kier molecular flexibility index (Phi) is 20.1. The largest absolute Gasteiger partial charge is 0.481 e. The van der Waals surface area contributed by atoms with Crippen LogP contribution >= 0.6 is 0 Å². The molecule has 0 aliphatic rings. The fraction of sp³-hybridized carbons (Fsp3) is 0.435. The quantitative estimate of drug-likeness (QED) is 0.0636. The summed E-state index contributed by atoms with van der Waals surface area (Å²) in [4.78, 5) is 68.8. The van der Waals surface area contributed by atoms with E-state index in [4.69, 9.17) is 26.8 Å². The lowest BCUT2D eigenvalue weighted by Crippen LogP contribution is -2.44. The minimum Gasteiger partial charge on any atom is -0.481 e. The van der Waals surface area contributed by atoms with Crippen LogP contribution in [0.1, 0.15) is 38.2 Å². The van der Waals surface area contributed by atoms with Gasteiger partial charge in [0.25, 0.3) is 0 Å². The van der Waals surface area contributed by atoms with Crippen molar-refractivity contribution in [1.29, 1.82) is 0 Å². The average molecular weight is 541 g/mol. The van der Waals surface area contributed by atoms with Crippen molar-refractivity contribution >= 4 is 41.6 Å². The van der Waals surface area contributed by atoms with Crippen molar-refractivity contribution in [2.45, 2.75) is 45.6 Å². The first-order valence-corrected chi connectivity index (χ1v) is 11.3. The van der Waals surface area contributed by atoms with Crippen LogP contribution in [0.15, 0.2) is 35.3 Å². The maximum Gasteiger partial charge on any atom is 0.326 e. The summed E-state index contributed by atoms with van der Waals surface area (Å²) in [6, 6.07) is 9.04. The van der Waals surface area contributed by atoms with E-state index in [1.807, 2.05) is 23.5 Å². The summed E-state index contributed by atoms with van der Waals surface area (Å²) >= 11 is 0. The van der Waals surface area contributed by atoms with Crippen LogP contribution in [0.25, 0.3) is 0 Å². The Morgan fingerprint density at radius 2 is 1.42 bits per heavy atom. The van der Waals surface area contributed by atoms with Crippen molar-refractivity contribution in [3.8, 4) is 0 Å². The maximum absolute atomic E-state index is 11.7. The van der Waals surface area contributed by atoms with Crippen molar-refractivity contribution in [2.75, 3.05) is 19.6 Å². The van der Waals surface area contributed by atoms with Gasteiger partial charge in [0.15, 0.2) is 5.96 Å². The topological polar surface area (TPSA) is 264 Å². The Hall–Kier alpha value is -4.69. The third kappa shape index (κ3) is 24.4. The second kappa shape index (κ2) is 21.6. The molecule has 38 heavy (non-hydrogen) atoms. The molecular formula is C23H36N6O9. The molecule has 15 heteroatoms. The van der Waals surface area contributed by atoms with Crippen LogP contribution in [-0.2, 0) is 28.8 Å². The summed E-state index contributed by atoms with van der Waals surface area (Å²) in [5, 5.41) is 31.4. The summed E-state index contributed by atoms with van der Waals surface area (Å²) in [5.74, 6) is -5.82. The van der Waals surface area contributed by atoms with Crippen molar-refractivity contribution < 1.29 is 44.1 Å². The molecular weight excluding hydrogens is 504 g/mol. The number of hydrogen-bond acceptors (Lipinski definition) is 7. The molecule has 1 aromatic carbocycles. The van der Waals surface area contributed by atoms with Crippen LogP contribution in [0, 0.1) is 6.92 Å². The van der Waals surface area contributed by atoms with Crippen molar-refractivity contribution in [3.63, 3.8) is 0 Å². The number of aliphatic carboxylic acids is 3. The molecule has 1 aromatic rings. The van der Waals surface area contributed by atoms with Crippen LogP contribution in [0.3, 0.4) is 0 Å². The van der Waals surface area contributed by atoms with E-state index in [0.717, 1.165) is 0 Å². The number of carbonyl (C=O) groups is 6. The van der Waals surface area contributed by atoms with Gasteiger partial charge in [-0.25, -0.2) is 4.79 Å². The fourth-order valence-electron chi connectivity index (χ4n) is 2.16. The lowest BCUT2D eigenvalue weighted by molar-refractivity contribution is -0.142.